The van der Waals surface area contributed by atoms with E-state index in [4.69, 9.17) is 0 Å². The van der Waals surface area contributed by atoms with Crippen LogP contribution in [0.25, 0.3) is 11.0 Å². The monoisotopic (exact) mass is 1310 g/mol. The number of aromatic nitrogens is 2. The summed E-state index contributed by atoms with van der Waals surface area (Å²) in [5.41, 5.74) is -0.378. The first-order valence-electron chi connectivity index (χ1n) is 32.5. The summed E-state index contributed by atoms with van der Waals surface area (Å²) in [6.45, 7) is 27.6. The lowest BCUT2D eigenvalue weighted by Crippen LogP contribution is -2.63. The maximum atomic E-state index is 15.4. The Morgan fingerprint density at radius 3 is 1.48 bits per heavy atom. The minimum absolute atomic E-state index is 0.0189. The number of nitrogens with zero attached hydrogens (tertiary/aromatic N) is 8. The summed E-state index contributed by atoms with van der Waals surface area (Å²) < 4.78 is 14.6. The molecular weight excluding hydrogens is 1200 g/mol. The Balaban J connectivity index is 2.29. The number of benzene rings is 1. The molecule has 3 rings (SSSR count). The number of aliphatic hydroxyl groups is 1. The highest BCUT2D eigenvalue weighted by Crippen LogP contribution is 2.27. The van der Waals surface area contributed by atoms with Gasteiger partial charge in [0.25, 0.3) is 0 Å². The molecule has 7 N–H and O–H groups in total. The van der Waals surface area contributed by atoms with E-state index in [0.717, 1.165) is 17.0 Å². The molecule has 0 saturated carbocycles. The van der Waals surface area contributed by atoms with Crippen molar-refractivity contribution < 1.29 is 67.3 Å². The van der Waals surface area contributed by atoms with E-state index in [1.165, 1.54) is 80.6 Å². The van der Waals surface area contributed by atoms with Gasteiger partial charge in [-0.15, -0.1) is 0 Å². The minimum atomic E-state index is -1.70. The molecule has 0 spiro atoms. The highest BCUT2D eigenvalue weighted by molar-refractivity contribution is 6.01. The normalized spacial score (nSPS) is 25.7. The molecule has 0 bridgehead atoms. The smallest absolute Gasteiger partial charge is 0.338 e. The van der Waals surface area contributed by atoms with Crippen LogP contribution in [0.5, 0.6) is 0 Å². The number of amides is 10. The van der Waals surface area contributed by atoms with Gasteiger partial charge in [0.15, 0.2) is 0 Å². The molecule has 1 aromatic heterocycles. The molecule has 12 atom stereocenters. The summed E-state index contributed by atoms with van der Waals surface area (Å²) in [5, 5.41) is 33.5. The number of halogens is 1. The van der Waals surface area contributed by atoms with Gasteiger partial charge in [0.2, 0.25) is 59.1 Å². The number of carbonyl (C=O) groups is 11. The summed E-state index contributed by atoms with van der Waals surface area (Å²) >= 11 is 0. The molecule has 0 radical (unpaired) electrons. The van der Waals surface area contributed by atoms with Crippen molar-refractivity contribution in [3.8, 4) is 0 Å². The number of fused-ring (bicyclic) bond motifs is 1. The number of carboxylic acids is 1. The number of likely N-dealkylation sites (N-methyl/N-ethyl adjacent to an activating group) is 7. The van der Waals surface area contributed by atoms with E-state index in [2.05, 4.69) is 31.2 Å². The molecule has 10 amide bonds. The van der Waals surface area contributed by atoms with Crippen LogP contribution in [0.2, 0.25) is 0 Å². The van der Waals surface area contributed by atoms with Gasteiger partial charge in [0.1, 0.15) is 71.5 Å². The van der Waals surface area contributed by atoms with E-state index < -0.39 is 161 Å². The lowest BCUT2D eigenvalue weighted by molar-refractivity contribution is -0.157. The number of aromatic carboxylic acids is 1. The first-order valence-corrected chi connectivity index (χ1v) is 32.5. The molecule has 26 nitrogen and oxygen atoms in total. The number of imidazole rings is 1. The zero-order valence-corrected chi connectivity index (χ0v) is 59.3. The molecule has 0 aliphatic carbocycles. The van der Waals surface area contributed by atoms with Crippen molar-refractivity contribution >= 4 is 76.1 Å². The van der Waals surface area contributed by atoms with Crippen LogP contribution in [-0.4, -0.2) is 248 Å². The van der Waals surface area contributed by atoms with Crippen LogP contribution in [0.1, 0.15) is 153 Å². The third-order valence-corrected chi connectivity index (χ3v) is 17.3. The van der Waals surface area contributed by atoms with E-state index >= 15 is 19.2 Å². The number of H-pyrrole nitrogens is 1. The summed E-state index contributed by atoms with van der Waals surface area (Å²) in [6, 6.07) is -10.1. The molecule has 27 heteroatoms. The van der Waals surface area contributed by atoms with Crippen molar-refractivity contribution in [2.24, 2.45) is 41.4 Å². The zero-order chi connectivity index (χ0) is 71.3. The molecule has 93 heavy (non-hydrogen) atoms. The fourth-order valence-corrected chi connectivity index (χ4v) is 12.0. The number of aliphatic hydroxyl groups excluding tert-OH is 1. The molecule has 12 unspecified atom stereocenters. The lowest BCUT2D eigenvalue weighted by Gasteiger charge is -2.41. The molecule has 1 aliphatic rings. The van der Waals surface area contributed by atoms with Gasteiger partial charge in [-0.25, -0.2) is 14.2 Å². The predicted octanol–water partition coefficient (Wildman–Crippen LogP) is 3.34. The van der Waals surface area contributed by atoms with Gasteiger partial charge in [0.05, 0.1) is 23.7 Å². The first-order chi connectivity index (χ1) is 42.9. The number of rotatable bonds is 15. The summed E-state index contributed by atoms with van der Waals surface area (Å²) in [5.74, 6) is -11.5. The molecule has 2 aromatic rings. The van der Waals surface area contributed by atoms with Crippen molar-refractivity contribution in [1.29, 1.82) is 0 Å². The van der Waals surface area contributed by atoms with Crippen molar-refractivity contribution in [3.63, 3.8) is 0 Å². The Morgan fingerprint density at radius 2 is 0.989 bits per heavy atom. The van der Waals surface area contributed by atoms with Crippen LogP contribution in [0.3, 0.4) is 0 Å². The van der Waals surface area contributed by atoms with Gasteiger partial charge in [-0.1, -0.05) is 90.0 Å². The number of hydrogen-bond donors (Lipinski definition) is 7. The van der Waals surface area contributed by atoms with E-state index in [0.29, 0.717) is 0 Å². The largest absolute Gasteiger partial charge is 0.478 e. The highest BCUT2D eigenvalue weighted by atomic mass is 19.1. The van der Waals surface area contributed by atoms with Crippen LogP contribution in [0, 0.1) is 47.2 Å². The lowest BCUT2D eigenvalue weighted by atomic mass is 9.91. The predicted molar refractivity (Wildman–Crippen MR) is 351 cm³/mol. The van der Waals surface area contributed by atoms with Crippen molar-refractivity contribution in [2.45, 2.75) is 209 Å². The van der Waals surface area contributed by atoms with Crippen LogP contribution < -0.4 is 21.3 Å². The van der Waals surface area contributed by atoms with Gasteiger partial charge >= 0.3 is 5.97 Å². The Labute approximate surface area is 549 Å². The number of hydrogen-bond acceptors (Lipinski definition) is 14. The van der Waals surface area contributed by atoms with Crippen LogP contribution in [0.4, 0.5) is 4.39 Å². The van der Waals surface area contributed by atoms with Gasteiger partial charge in [0, 0.05) is 61.3 Å². The highest BCUT2D eigenvalue weighted by Gasteiger charge is 2.45. The average Bonchev–Trinajstić information content (AvgIpc) is 1.79. The topological polar surface area (TPSA) is 328 Å². The number of nitrogens with one attached hydrogen (secondary N) is 5. The van der Waals surface area contributed by atoms with Gasteiger partial charge in [-0.3, -0.25) is 52.8 Å². The maximum Gasteiger partial charge on any atom is 0.338 e. The molecule has 1 fully saturated rings. The Bertz CT molecular complexity index is 2970. The van der Waals surface area contributed by atoms with Gasteiger partial charge in [-0.05, 0) is 107 Å². The van der Waals surface area contributed by atoms with Crippen LogP contribution in [0.15, 0.2) is 12.1 Å². The van der Waals surface area contributed by atoms with E-state index in [9.17, 15) is 48.2 Å². The first kappa shape index (κ1) is 79.9. The average molecular weight is 1310 g/mol. The van der Waals surface area contributed by atoms with E-state index in [1.54, 1.807) is 53.5 Å². The Hall–Kier alpha value is -7.29. The third-order valence-electron chi connectivity index (χ3n) is 17.3. The second-order valence-corrected chi connectivity index (χ2v) is 28.3. The molecule has 2 heterocycles. The van der Waals surface area contributed by atoms with Gasteiger partial charge < -0.3 is 65.9 Å². The van der Waals surface area contributed by atoms with Crippen molar-refractivity contribution in [3.05, 3.63) is 29.3 Å². The van der Waals surface area contributed by atoms with Crippen molar-refractivity contribution in [2.75, 3.05) is 62.4 Å². The minimum Gasteiger partial charge on any atom is -0.478 e. The standard InChI is InChI=1S/C66H110FN13O13/c1-33(2)24-46-59(85)73-52(37(9)10)64(90)76(19)47(25-34(3)4)58(84)69-41(15)57(83)70-42(16)61(87)77(20)48(26-35(5)6)62(88)78(21)49(27-36(7)8)63(89)79(22)54(38(11)12)65(91)80(23)55(60(86)68-40(14)31-74(17)32-51(81)75(46)18)56(82)39(13)28-50-71-45-30-43(67)29-44(66(92)93)53(45)72-50/h29-30,33-42,46-49,52,54-56,82H,24-28,31-32H2,1-23H3,(H,68,86)(H,69,84)(H,70,83)(H,71,72)(H,73,85)(H,92,93). The number of aromatic amines is 1. The molecular formula is C66H110FN13O13. The fourth-order valence-electron chi connectivity index (χ4n) is 12.0. The molecule has 1 saturated heterocycles. The van der Waals surface area contributed by atoms with E-state index in [1.807, 2.05) is 55.4 Å². The number of carboxylic acid groups (broad SMARTS) is 1. The second kappa shape index (κ2) is 34.7. The third kappa shape index (κ3) is 21.4. The molecule has 1 aliphatic heterocycles. The van der Waals surface area contributed by atoms with Gasteiger partial charge in [-0.2, -0.15) is 0 Å². The zero-order valence-electron chi connectivity index (χ0n) is 59.3. The maximum absolute atomic E-state index is 15.4. The summed E-state index contributed by atoms with van der Waals surface area (Å²) in [7, 11) is 10.1. The van der Waals surface area contributed by atoms with E-state index in [-0.39, 0.29) is 85.7 Å². The summed E-state index contributed by atoms with van der Waals surface area (Å²) in [4.78, 5) is 175. The second-order valence-electron chi connectivity index (χ2n) is 28.3. The van der Waals surface area contributed by atoms with Crippen LogP contribution in [-0.2, 0) is 54.4 Å². The Kier molecular flexibility index (Phi) is 29.9. The van der Waals surface area contributed by atoms with Crippen molar-refractivity contribution in [1.82, 2.24) is 65.5 Å². The Morgan fingerprint density at radius 1 is 0.538 bits per heavy atom. The molecule has 524 valence electrons. The fraction of sp³-hybridized carbons (Fsp3) is 0.727. The molecule has 1 aromatic carbocycles. The quantitative estimate of drug-likeness (QED) is 0.135. The van der Waals surface area contributed by atoms with Crippen LogP contribution >= 0.6 is 0 Å². The summed E-state index contributed by atoms with van der Waals surface area (Å²) in [6.07, 6.45) is -1.25. The number of carbonyl (C=O) groups excluding carboxylic acids is 10. The SMILES string of the molecule is CC(C)CC1C(=O)NC(C(C)C)C(=O)N(C)C(CC(C)C)C(=O)NC(C)C(=O)NC(C)C(=O)N(C)C(CC(C)C)C(=O)N(C)C(CC(C)C)C(=O)N(C)C(C(C)C)C(=O)N(C)C(C(O)C(C)Cc2nc3c(C(=O)O)cc(F)cc3[nH]2)C(=O)NC(C)CN(C)CC(=O)N1C.